The van der Waals surface area contributed by atoms with Crippen molar-refractivity contribution in [1.82, 2.24) is 4.98 Å². The van der Waals surface area contributed by atoms with Gasteiger partial charge >= 0.3 is 0 Å². The maximum Gasteiger partial charge on any atom is 0.204 e. The fourth-order valence-corrected chi connectivity index (χ4v) is 2.04. The lowest BCUT2D eigenvalue weighted by atomic mass is 9.97. The van der Waals surface area contributed by atoms with Crippen molar-refractivity contribution in [3.8, 4) is 0 Å². The predicted molar refractivity (Wildman–Crippen MR) is 72.6 cm³/mol. The zero-order chi connectivity index (χ0) is 12.3. The van der Waals surface area contributed by atoms with E-state index in [-0.39, 0.29) is 12.0 Å². The van der Waals surface area contributed by atoms with Crippen molar-refractivity contribution in [1.29, 1.82) is 0 Å². The number of hydrazone groups is 1. The van der Waals surface area contributed by atoms with Gasteiger partial charge < -0.3 is 5.11 Å². The number of hydrogen-bond donors (Lipinski definition) is 2. The Morgan fingerprint density at radius 3 is 2.94 bits per heavy atom. The van der Waals surface area contributed by atoms with Crippen LogP contribution in [0.1, 0.15) is 13.8 Å². The van der Waals surface area contributed by atoms with Crippen molar-refractivity contribution in [2.75, 3.05) is 12.0 Å². The number of nitrogens with one attached hydrogen (secondary N) is 1. The molecule has 1 aromatic carbocycles. The number of para-hydroxylation sites is 1. The number of nitrogens with zero attached hydrogens (tertiary/aromatic N) is 2. The molecule has 0 atom stereocenters. The van der Waals surface area contributed by atoms with Crippen LogP contribution in [-0.4, -0.2) is 22.9 Å². The van der Waals surface area contributed by atoms with Crippen LogP contribution < -0.4 is 5.43 Å². The summed E-state index contributed by atoms with van der Waals surface area (Å²) in [7, 11) is 0. The minimum atomic E-state index is -0.316. The quantitative estimate of drug-likeness (QED) is 0.647. The summed E-state index contributed by atoms with van der Waals surface area (Å²) in [6, 6.07) is 7.95. The Labute approximate surface area is 104 Å². The molecule has 2 N–H and O–H groups in total. The van der Waals surface area contributed by atoms with E-state index in [0.717, 1.165) is 15.3 Å². The van der Waals surface area contributed by atoms with Gasteiger partial charge in [0, 0.05) is 11.6 Å². The van der Waals surface area contributed by atoms with Crippen molar-refractivity contribution in [3.63, 3.8) is 0 Å². The van der Waals surface area contributed by atoms with E-state index >= 15 is 0 Å². The van der Waals surface area contributed by atoms with Gasteiger partial charge in [-0.05, 0) is 12.1 Å². The molecule has 90 valence electrons. The minimum Gasteiger partial charge on any atom is -0.395 e. The van der Waals surface area contributed by atoms with Gasteiger partial charge in [-0.3, -0.25) is 5.43 Å². The van der Waals surface area contributed by atoms with Gasteiger partial charge in [-0.1, -0.05) is 37.3 Å². The Balaban J connectivity index is 2.09. The predicted octanol–water partition coefficient (Wildman–Crippen LogP) is 2.71. The number of aromatic nitrogens is 1. The largest absolute Gasteiger partial charge is 0.395 e. The summed E-state index contributed by atoms with van der Waals surface area (Å²) in [4.78, 5) is 4.39. The van der Waals surface area contributed by atoms with Crippen LogP contribution in [0.15, 0.2) is 29.4 Å². The molecule has 4 nitrogen and oxygen atoms in total. The number of benzene rings is 1. The fourth-order valence-electron chi connectivity index (χ4n) is 1.22. The first-order chi connectivity index (χ1) is 8.11. The summed E-state index contributed by atoms with van der Waals surface area (Å²) >= 11 is 1.56. The van der Waals surface area contributed by atoms with Crippen molar-refractivity contribution >= 4 is 32.9 Å². The maximum absolute atomic E-state index is 9.07. The molecular weight excluding hydrogens is 234 g/mol. The van der Waals surface area contributed by atoms with Crippen LogP contribution >= 0.6 is 11.3 Å². The Morgan fingerprint density at radius 1 is 1.47 bits per heavy atom. The van der Waals surface area contributed by atoms with Crippen LogP contribution in [0.3, 0.4) is 0 Å². The molecule has 0 radical (unpaired) electrons. The average molecular weight is 249 g/mol. The molecule has 1 heterocycles. The van der Waals surface area contributed by atoms with Gasteiger partial charge in [-0.25, -0.2) is 4.98 Å². The van der Waals surface area contributed by atoms with E-state index in [0.29, 0.717) is 0 Å². The third-order valence-corrected chi connectivity index (χ3v) is 3.22. The first-order valence-electron chi connectivity index (χ1n) is 5.37. The van der Waals surface area contributed by atoms with Gasteiger partial charge in [0.25, 0.3) is 0 Å². The number of rotatable bonds is 4. The van der Waals surface area contributed by atoms with E-state index in [1.807, 2.05) is 38.1 Å². The van der Waals surface area contributed by atoms with Gasteiger partial charge in [-0.15, -0.1) is 0 Å². The molecule has 0 aliphatic rings. The highest BCUT2D eigenvalue weighted by molar-refractivity contribution is 7.22. The van der Waals surface area contributed by atoms with E-state index in [1.165, 1.54) is 0 Å². The Hall–Kier alpha value is -1.46. The Morgan fingerprint density at radius 2 is 2.24 bits per heavy atom. The molecule has 2 aromatic rings. The van der Waals surface area contributed by atoms with Gasteiger partial charge in [0.05, 0.1) is 16.8 Å². The maximum atomic E-state index is 9.07. The second-order valence-corrected chi connectivity index (χ2v) is 5.53. The van der Waals surface area contributed by atoms with Crippen LogP contribution in [-0.2, 0) is 0 Å². The average Bonchev–Trinajstić information content (AvgIpc) is 2.71. The van der Waals surface area contributed by atoms with E-state index in [4.69, 9.17) is 5.11 Å². The molecule has 0 amide bonds. The molecule has 5 heteroatoms. The second kappa shape index (κ2) is 4.81. The lowest BCUT2D eigenvalue weighted by molar-refractivity contribution is 0.216. The standard InChI is InChI=1S/C12H15N3OS/c1-12(2,8-16)7-13-15-11-14-9-5-3-4-6-10(9)17-11/h3-7,16H,8H2,1-2H3,(H,14,15). The third-order valence-electron chi connectivity index (χ3n) is 2.28. The van der Waals surface area contributed by atoms with Crippen LogP contribution in [0, 0.1) is 5.41 Å². The fraction of sp³-hybridized carbons (Fsp3) is 0.333. The number of anilines is 1. The number of thiazole rings is 1. The molecule has 0 aliphatic carbocycles. The van der Waals surface area contributed by atoms with Crippen molar-refractivity contribution in [2.24, 2.45) is 10.5 Å². The van der Waals surface area contributed by atoms with Crippen LogP contribution in [0.25, 0.3) is 10.2 Å². The van der Waals surface area contributed by atoms with E-state index < -0.39 is 0 Å². The molecule has 17 heavy (non-hydrogen) atoms. The molecule has 0 unspecified atom stereocenters. The summed E-state index contributed by atoms with van der Waals surface area (Å²) in [6.45, 7) is 3.89. The van der Waals surface area contributed by atoms with Gasteiger partial charge in [-0.2, -0.15) is 5.10 Å². The first kappa shape index (κ1) is 12.0. The molecule has 2 rings (SSSR count). The van der Waals surface area contributed by atoms with Crippen molar-refractivity contribution in [3.05, 3.63) is 24.3 Å². The highest BCUT2D eigenvalue weighted by atomic mass is 32.1. The van der Waals surface area contributed by atoms with E-state index in [1.54, 1.807) is 17.6 Å². The van der Waals surface area contributed by atoms with Crippen LogP contribution in [0.4, 0.5) is 5.13 Å². The summed E-state index contributed by atoms with van der Waals surface area (Å²) in [6.07, 6.45) is 1.69. The lowest BCUT2D eigenvalue weighted by Gasteiger charge is -2.13. The topological polar surface area (TPSA) is 57.5 Å². The molecule has 0 aliphatic heterocycles. The number of fused-ring (bicyclic) bond motifs is 1. The van der Waals surface area contributed by atoms with Crippen LogP contribution in [0.5, 0.6) is 0 Å². The number of aliphatic hydroxyl groups excluding tert-OH is 1. The Kier molecular flexibility index (Phi) is 3.40. The van der Waals surface area contributed by atoms with Gasteiger partial charge in [0.2, 0.25) is 5.13 Å². The molecule has 0 fully saturated rings. The first-order valence-corrected chi connectivity index (χ1v) is 6.19. The summed E-state index contributed by atoms with van der Waals surface area (Å²) in [5.41, 5.74) is 3.54. The van der Waals surface area contributed by atoms with Crippen LogP contribution in [0.2, 0.25) is 0 Å². The SMILES string of the molecule is CC(C)(C=NNc1nc2ccccc2s1)CO. The highest BCUT2D eigenvalue weighted by Crippen LogP contribution is 2.25. The van der Waals surface area contributed by atoms with E-state index in [2.05, 4.69) is 15.5 Å². The zero-order valence-corrected chi connectivity index (χ0v) is 10.7. The lowest BCUT2D eigenvalue weighted by Crippen LogP contribution is -2.18. The van der Waals surface area contributed by atoms with Gasteiger partial charge in [0.15, 0.2) is 0 Å². The summed E-state index contributed by atoms with van der Waals surface area (Å²) in [5.74, 6) is 0. The summed E-state index contributed by atoms with van der Waals surface area (Å²) in [5, 5.41) is 13.9. The number of aliphatic hydroxyl groups is 1. The summed E-state index contributed by atoms with van der Waals surface area (Å²) < 4.78 is 1.13. The van der Waals surface area contributed by atoms with Crippen molar-refractivity contribution < 1.29 is 5.11 Å². The highest BCUT2D eigenvalue weighted by Gasteiger charge is 2.12. The van der Waals surface area contributed by atoms with Crippen molar-refractivity contribution in [2.45, 2.75) is 13.8 Å². The zero-order valence-electron chi connectivity index (χ0n) is 9.84. The van der Waals surface area contributed by atoms with E-state index in [9.17, 15) is 0 Å². The molecule has 0 saturated carbocycles. The second-order valence-electron chi connectivity index (χ2n) is 4.50. The minimum absolute atomic E-state index is 0.0675. The molecule has 0 saturated heterocycles. The van der Waals surface area contributed by atoms with Gasteiger partial charge in [0.1, 0.15) is 0 Å². The number of hydrogen-bond acceptors (Lipinski definition) is 5. The molecule has 0 spiro atoms. The normalized spacial score (nSPS) is 12.4. The molecule has 1 aromatic heterocycles. The monoisotopic (exact) mass is 249 g/mol. The Bertz CT molecular complexity index is 500. The third kappa shape index (κ3) is 3.01. The molecule has 0 bridgehead atoms. The molecular formula is C12H15N3OS. The smallest absolute Gasteiger partial charge is 0.204 e.